The van der Waals surface area contributed by atoms with Crippen LogP contribution in [0.5, 0.6) is 0 Å². The number of nitrogens with one attached hydrogen (secondary N) is 2. The summed E-state index contributed by atoms with van der Waals surface area (Å²) in [5.41, 5.74) is 2.68. The molecule has 0 aliphatic rings. The molecule has 0 bridgehead atoms. The van der Waals surface area contributed by atoms with E-state index >= 15 is 0 Å². The molecule has 3 rings (SSSR count). The summed E-state index contributed by atoms with van der Waals surface area (Å²) in [6.45, 7) is 1.90. The van der Waals surface area contributed by atoms with Crippen LogP contribution >= 0.6 is 11.6 Å². The van der Waals surface area contributed by atoms with Crippen molar-refractivity contribution in [3.8, 4) is 0 Å². The largest absolute Gasteiger partial charge is 0.464 e. The van der Waals surface area contributed by atoms with Gasteiger partial charge < -0.3 is 15.0 Å². The molecule has 1 heterocycles. The Hall–Kier alpha value is -2.79. The predicted molar refractivity (Wildman–Crippen MR) is 93.8 cm³/mol. The fourth-order valence-corrected chi connectivity index (χ4v) is 2.69. The van der Waals surface area contributed by atoms with E-state index in [9.17, 15) is 9.59 Å². The summed E-state index contributed by atoms with van der Waals surface area (Å²) < 4.78 is 4.79. The van der Waals surface area contributed by atoms with Crippen LogP contribution in [0.3, 0.4) is 0 Å². The van der Waals surface area contributed by atoms with Crippen molar-refractivity contribution in [3.05, 3.63) is 64.3 Å². The van der Waals surface area contributed by atoms with Crippen LogP contribution in [0.4, 0.5) is 5.69 Å². The number of benzene rings is 2. The number of amides is 1. The number of esters is 1. The van der Waals surface area contributed by atoms with Crippen molar-refractivity contribution >= 4 is 40.1 Å². The third-order valence-corrected chi connectivity index (χ3v) is 3.90. The summed E-state index contributed by atoms with van der Waals surface area (Å²) in [5.74, 6) is -0.883. The maximum atomic E-state index is 12.5. The van der Waals surface area contributed by atoms with Crippen LogP contribution in [0.1, 0.15) is 26.4 Å². The molecule has 2 aromatic carbocycles. The number of aromatic amines is 1. The van der Waals surface area contributed by atoms with Crippen LogP contribution < -0.4 is 5.32 Å². The highest BCUT2D eigenvalue weighted by Gasteiger charge is 2.21. The Balaban J connectivity index is 2.08. The molecular formula is C18H15ClN2O3. The molecular weight excluding hydrogens is 328 g/mol. The van der Waals surface area contributed by atoms with Crippen LogP contribution in [0, 0.1) is 6.92 Å². The number of aryl methyl sites for hydroxylation is 1. The summed E-state index contributed by atoms with van der Waals surface area (Å²) >= 11 is 6.04. The van der Waals surface area contributed by atoms with Crippen molar-refractivity contribution in [2.45, 2.75) is 6.92 Å². The molecule has 24 heavy (non-hydrogen) atoms. The average Bonchev–Trinajstić information content (AvgIpc) is 2.92. The van der Waals surface area contributed by atoms with E-state index in [4.69, 9.17) is 16.3 Å². The van der Waals surface area contributed by atoms with Gasteiger partial charge in [-0.3, -0.25) is 4.79 Å². The Kier molecular flexibility index (Phi) is 4.27. The van der Waals surface area contributed by atoms with Crippen molar-refractivity contribution in [2.75, 3.05) is 12.4 Å². The molecule has 6 heteroatoms. The third-order valence-electron chi connectivity index (χ3n) is 3.67. The molecule has 0 saturated carbocycles. The van der Waals surface area contributed by atoms with Gasteiger partial charge in [-0.25, -0.2) is 4.79 Å². The van der Waals surface area contributed by atoms with Gasteiger partial charge in [0.05, 0.1) is 12.8 Å². The topological polar surface area (TPSA) is 71.2 Å². The molecule has 0 unspecified atom stereocenters. The molecule has 0 saturated heterocycles. The number of anilines is 1. The second-order valence-electron chi connectivity index (χ2n) is 5.38. The number of hydrogen-bond acceptors (Lipinski definition) is 3. The highest BCUT2D eigenvalue weighted by molar-refractivity contribution is 6.31. The standard InChI is InChI=1S/C18H15ClN2O3/c1-10-4-3-5-11(8-10)17(22)21-15-13-9-12(19)6-7-14(13)20-16(15)18(23)24-2/h3-9,20H,1-2H3,(H,21,22). The molecule has 3 aromatic rings. The Morgan fingerprint density at radius 1 is 1.17 bits per heavy atom. The lowest BCUT2D eigenvalue weighted by molar-refractivity contribution is 0.0596. The Labute approximate surface area is 143 Å². The highest BCUT2D eigenvalue weighted by atomic mass is 35.5. The van der Waals surface area contributed by atoms with E-state index in [0.29, 0.717) is 27.2 Å². The maximum absolute atomic E-state index is 12.5. The third kappa shape index (κ3) is 2.98. The van der Waals surface area contributed by atoms with Gasteiger partial charge >= 0.3 is 5.97 Å². The molecule has 0 aliphatic carbocycles. The number of carbonyl (C=O) groups excluding carboxylic acids is 2. The minimum absolute atomic E-state index is 0.177. The molecule has 0 fully saturated rings. The lowest BCUT2D eigenvalue weighted by Gasteiger charge is -2.07. The van der Waals surface area contributed by atoms with Crippen LogP contribution in [-0.2, 0) is 4.74 Å². The summed E-state index contributed by atoms with van der Waals surface area (Å²) in [5, 5.41) is 3.94. The zero-order valence-electron chi connectivity index (χ0n) is 13.1. The average molecular weight is 343 g/mol. The molecule has 0 atom stereocenters. The van der Waals surface area contributed by atoms with E-state index in [1.807, 2.05) is 13.0 Å². The minimum Gasteiger partial charge on any atom is -0.464 e. The van der Waals surface area contributed by atoms with Crippen molar-refractivity contribution in [2.24, 2.45) is 0 Å². The van der Waals surface area contributed by atoms with E-state index in [0.717, 1.165) is 5.56 Å². The smallest absolute Gasteiger partial charge is 0.356 e. The monoisotopic (exact) mass is 342 g/mol. The molecule has 1 amide bonds. The number of rotatable bonds is 3. The first-order chi connectivity index (χ1) is 11.5. The van der Waals surface area contributed by atoms with Gasteiger partial charge in [-0.1, -0.05) is 29.3 Å². The first-order valence-electron chi connectivity index (χ1n) is 7.27. The zero-order chi connectivity index (χ0) is 17.3. The van der Waals surface area contributed by atoms with Crippen LogP contribution in [-0.4, -0.2) is 24.0 Å². The Bertz CT molecular complexity index is 947. The molecule has 0 spiro atoms. The van der Waals surface area contributed by atoms with Crippen molar-refractivity contribution in [3.63, 3.8) is 0 Å². The second kappa shape index (κ2) is 6.37. The van der Waals surface area contributed by atoms with Crippen molar-refractivity contribution in [1.82, 2.24) is 4.98 Å². The van der Waals surface area contributed by atoms with E-state index in [1.165, 1.54) is 7.11 Å². The van der Waals surface area contributed by atoms with Gasteiger partial charge in [0.2, 0.25) is 0 Å². The Morgan fingerprint density at radius 2 is 1.96 bits per heavy atom. The highest BCUT2D eigenvalue weighted by Crippen LogP contribution is 2.31. The molecule has 0 aliphatic heterocycles. The first kappa shape index (κ1) is 16.1. The van der Waals surface area contributed by atoms with E-state index in [1.54, 1.807) is 36.4 Å². The number of halogens is 1. The fourth-order valence-electron chi connectivity index (χ4n) is 2.52. The van der Waals surface area contributed by atoms with E-state index in [2.05, 4.69) is 10.3 Å². The van der Waals surface area contributed by atoms with Gasteiger partial charge in [-0.2, -0.15) is 0 Å². The zero-order valence-corrected chi connectivity index (χ0v) is 13.9. The number of hydrogen-bond donors (Lipinski definition) is 2. The van der Waals surface area contributed by atoms with Crippen LogP contribution in [0.25, 0.3) is 10.9 Å². The van der Waals surface area contributed by atoms with Crippen molar-refractivity contribution < 1.29 is 14.3 Å². The second-order valence-corrected chi connectivity index (χ2v) is 5.82. The van der Waals surface area contributed by atoms with Gasteiger partial charge in [-0.15, -0.1) is 0 Å². The number of carbonyl (C=O) groups is 2. The lowest BCUT2D eigenvalue weighted by atomic mass is 10.1. The van der Waals surface area contributed by atoms with E-state index in [-0.39, 0.29) is 11.6 Å². The summed E-state index contributed by atoms with van der Waals surface area (Å²) in [7, 11) is 1.28. The van der Waals surface area contributed by atoms with Gasteiger partial charge in [0, 0.05) is 21.5 Å². The van der Waals surface area contributed by atoms with Gasteiger partial charge in [0.1, 0.15) is 5.69 Å². The molecule has 2 N–H and O–H groups in total. The lowest BCUT2D eigenvalue weighted by Crippen LogP contribution is -2.15. The summed E-state index contributed by atoms with van der Waals surface area (Å²) in [6, 6.07) is 12.3. The number of ether oxygens (including phenoxy) is 1. The fraction of sp³-hybridized carbons (Fsp3) is 0.111. The molecule has 0 radical (unpaired) electrons. The number of H-pyrrole nitrogens is 1. The number of fused-ring (bicyclic) bond motifs is 1. The number of methoxy groups -OCH3 is 1. The van der Waals surface area contributed by atoms with Gasteiger partial charge in [-0.05, 0) is 37.3 Å². The normalized spacial score (nSPS) is 10.6. The molecule has 5 nitrogen and oxygen atoms in total. The molecule has 1 aromatic heterocycles. The predicted octanol–water partition coefficient (Wildman–Crippen LogP) is 4.17. The SMILES string of the molecule is COC(=O)c1[nH]c2ccc(Cl)cc2c1NC(=O)c1cccc(C)c1. The van der Waals surface area contributed by atoms with Crippen molar-refractivity contribution in [1.29, 1.82) is 0 Å². The quantitative estimate of drug-likeness (QED) is 0.702. The van der Waals surface area contributed by atoms with Crippen LogP contribution in [0.2, 0.25) is 5.02 Å². The van der Waals surface area contributed by atoms with E-state index < -0.39 is 5.97 Å². The van der Waals surface area contributed by atoms with Crippen LogP contribution in [0.15, 0.2) is 42.5 Å². The number of aromatic nitrogens is 1. The van der Waals surface area contributed by atoms with Gasteiger partial charge in [0.15, 0.2) is 0 Å². The first-order valence-corrected chi connectivity index (χ1v) is 7.65. The summed E-state index contributed by atoms with van der Waals surface area (Å²) in [6.07, 6.45) is 0. The van der Waals surface area contributed by atoms with Gasteiger partial charge in [0.25, 0.3) is 5.91 Å². The maximum Gasteiger partial charge on any atom is 0.356 e. The Morgan fingerprint density at radius 3 is 2.67 bits per heavy atom. The molecule has 122 valence electrons. The minimum atomic E-state index is -0.568. The summed E-state index contributed by atoms with van der Waals surface area (Å²) in [4.78, 5) is 27.5.